The summed E-state index contributed by atoms with van der Waals surface area (Å²) in [4.78, 5) is 2.57. The molecule has 0 bridgehead atoms. The molecule has 4 atom stereocenters. The van der Waals surface area contributed by atoms with E-state index in [1.807, 2.05) is 0 Å². The molecular weight excluding hydrogens is 200 g/mol. The standard InChI is InChI=1S/C13H28N2O/c1-6-14-7-10(2)13(5)15-8-11(3)16-12(4)9-15/h10-14H,6-9H2,1-5H3/t10?,11-,12+,13?. The lowest BCUT2D eigenvalue weighted by Crippen LogP contribution is -2.52. The van der Waals surface area contributed by atoms with Crippen LogP contribution in [0.5, 0.6) is 0 Å². The van der Waals surface area contributed by atoms with Gasteiger partial charge in [0.15, 0.2) is 0 Å². The second kappa shape index (κ2) is 6.58. The van der Waals surface area contributed by atoms with Crippen LogP contribution >= 0.6 is 0 Å². The summed E-state index contributed by atoms with van der Waals surface area (Å²) in [7, 11) is 0. The highest BCUT2D eigenvalue weighted by Crippen LogP contribution is 2.17. The van der Waals surface area contributed by atoms with Crippen LogP contribution in [0.15, 0.2) is 0 Å². The zero-order valence-electron chi connectivity index (χ0n) is 11.5. The lowest BCUT2D eigenvalue weighted by molar-refractivity contribution is -0.0837. The Morgan fingerprint density at radius 1 is 1.25 bits per heavy atom. The normalized spacial score (nSPS) is 31.3. The van der Waals surface area contributed by atoms with Crippen LogP contribution in [0.4, 0.5) is 0 Å². The number of morpholine rings is 1. The minimum absolute atomic E-state index is 0.373. The third-order valence-electron chi connectivity index (χ3n) is 3.56. The molecular formula is C13H28N2O. The molecule has 1 aliphatic rings. The van der Waals surface area contributed by atoms with E-state index in [9.17, 15) is 0 Å². The number of nitrogens with zero attached hydrogens (tertiary/aromatic N) is 1. The first-order valence-electron chi connectivity index (χ1n) is 6.64. The van der Waals surface area contributed by atoms with Crippen molar-refractivity contribution in [1.82, 2.24) is 10.2 Å². The second-order valence-electron chi connectivity index (χ2n) is 5.24. The van der Waals surface area contributed by atoms with E-state index in [0.29, 0.717) is 24.2 Å². The molecule has 16 heavy (non-hydrogen) atoms. The predicted molar refractivity (Wildman–Crippen MR) is 68.8 cm³/mol. The Labute approximate surface area is 101 Å². The third kappa shape index (κ3) is 4.04. The van der Waals surface area contributed by atoms with Crippen molar-refractivity contribution in [3.63, 3.8) is 0 Å². The highest BCUT2D eigenvalue weighted by Gasteiger charge is 2.27. The molecule has 0 radical (unpaired) electrons. The van der Waals surface area contributed by atoms with E-state index in [0.717, 1.165) is 26.2 Å². The van der Waals surface area contributed by atoms with E-state index < -0.39 is 0 Å². The minimum atomic E-state index is 0.373. The van der Waals surface area contributed by atoms with Gasteiger partial charge in [0.1, 0.15) is 0 Å². The Morgan fingerprint density at radius 2 is 1.81 bits per heavy atom. The van der Waals surface area contributed by atoms with Crippen molar-refractivity contribution in [1.29, 1.82) is 0 Å². The van der Waals surface area contributed by atoms with E-state index in [1.165, 1.54) is 0 Å². The SMILES string of the molecule is CCNCC(C)C(C)N1C[C@@H](C)O[C@@H](C)C1. The van der Waals surface area contributed by atoms with Crippen molar-refractivity contribution in [2.45, 2.75) is 52.9 Å². The van der Waals surface area contributed by atoms with Gasteiger partial charge in [0.2, 0.25) is 0 Å². The first kappa shape index (κ1) is 13.9. The summed E-state index contributed by atoms with van der Waals surface area (Å²) >= 11 is 0. The molecule has 1 rings (SSSR count). The fourth-order valence-corrected chi connectivity index (χ4v) is 2.45. The fourth-order valence-electron chi connectivity index (χ4n) is 2.45. The molecule has 0 spiro atoms. The topological polar surface area (TPSA) is 24.5 Å². The molecule has 1 N–H and O–H groups in total. The Morgan fingerprint density at radius 3 is 2.31 bits per heavy atom. The number of nitrogens with one attached hydrogen (secondary N) is 1. The second-order valence-corrected chi connectivity index (χ2v) is 5.24. The van der Waals surface area contributed by atoms with Crippen molar-refractivity contribution >= 4 is 0 Å². The van der Waals surface area contributed by atoms with Gasteiger partial charge in [0.05, 0.1) is 12.2 Å². The summed E-state index contributed by atoms with van der Waals surface area (Å²) in [6, 6.07) is 0.632. The maximum Gasteiger partial charge on any atom is 0.0678 e. The summed E-state index contributed by atoms with van der Waals surface area (Å²) in [5.41, 5.74) is 0. The molecule has 3 nitrogen and oxygen atoms in total. The Bertz CT molecular complexity index is 188. The quantitative estimate of drug-likeness (QED) is 0.775. The molecule has 0 saturated carbocycles. The molecule has 96 valence electrons. The van der Waals surface area contributed by atoms with Crippen molar-refractivity contribution in [2.75, 3.05) is 26.2 Å². The maximum atomic E-state index is 5.77. The molecule has 1 fully saturated rings. The third-order valence-corrected chi connectivity index (χ3v) is 3.56. The van der Waals surface area contributed by atoms with Crippen LogP contribution in [-0.2, 0) is 4.74 Å². The van der Waals surface area contributed by atoms with Crippen molar-refractivity contribution in [3.8, 4) is 0 Å². The van der Waals surface area contributed by atoms with Crippen LogP contribution in [-0.4, -0.2) is 49.3 Å². The van der Waals surface area contributed by atoms with Crippen molar-refractivity contribution < 1.29 is 4.74 Å². The molecule has 0 aromatic carbocycles. The van der Waals surface area contributed by atoms with E-state index in [4.69, 9.17) is 4.74 Å². The van der Waals surface area contributed by atoms with Crippen LogP contribution in [0.25, 0.3) is 0 Å². The lowest BCUT2D eigenvalue weighted by Gasteiger charge is -2.41. The number of ether oxygens (including phenoxy) is 1. The maximum absolute atomic E-state index is 5.77. The van der Waals surface area contributed by atoms with Crippen LogP contribution < -0.4 is 5.32 Å². The van der Waals surface area contributed by atoms with Gasteiger partial charge < -0.3 is 10.1 Å². The van der Waals surface area contributed by atoms with Crippen LogP contribution in [0.3, 0.4) is 0 Å². The number of rotatable bonds is 5. The van der Waals surface area contributed by atoms with E-state index >= 15 is 0 Å². The van der Waals surface area contributed by atoms with Gasteiger partial charge in [0.25, 0.3) is 0 Å². The Hall–Kier alpha value is -0.120. The van der Waals surface area contributed by atoms with Crippen LogP contribution in [0.1, 0.15) is 34.6 Å². The van der Waals surface area contributed by atoms with Crippen molar-refractivity contribution in [3.05, 3.63) is 0 Å². The van der Waals surface area contributed by atoms with Gasteiger partial charge in [-0.25, -0.2) is 0 Å². The van der Waals surface area contributed by atoms with Gasteiger partial charge >= 0.3 is 0 Å². The molecule has 0 aromatic heterocycles. The van der Waals surface area contributed by atoms with Crippen LogP contribution in [0.2, 0.25) is 0 Å². The average molecular weight is 228 g/mol. The number of hydrogen-bond acceptors (Lipinski definition) is 3. The lowest BCUT2D eigenvalue weighted by atomic mass is 10.0. The highest BCUT2D eigenvalue weighted by atomic mass is 16.5. The van der Waals surface area contributed by atoms with Gasteiger partial charge in [-0.3, -0.25) is 4.90 Å². The predicted octanol–water partition coefficient (Wildman–Crippen LogP) is 1.73. The summed E-state index contributed by atoms with van der Waals surface area (Å²) in [6.07, 6.45) is 0.745. The summed E-state index contributed by atoms with van der Waals surface area (Å²) in [5.74, 6) is 0.692. The van der Waals surface area contributed by atoms with Gasteiger partial charge in [-0.2, -0.15) is 0 Å². The zero-order valence-corrected chi connectivity index (χ0v) is 11.5. The molecule has 1 saturated heterocycles. The van der Waals surface area contributed by atoms with Gasteiger partial charge in [-0.1, -0.05) is 13.8 Å². The van der Waals surface area contributed by atoms with E-state index in [1.54, 1.807) is 0 Å². The van der Waals surface area contributed by atoms with E-state index in [-0.39, 0.29) is 0 Å². The first-order valence-corrected chi connectivity index (χ1v) is 6.64. The highest BCUT2D eigenvalue weighted by molar-refractivity contribution is 4.81. The monoisotopic (exact) mass is 228 g/mol. The van der Waals surface area contributed by atoms with E-state index in [2.05, 4.69) is 44.8 Å². The molecule has 3 heteroatoms. The van der Waals surface area contributed by atoms with Gasteiger partial charge in [-0.15, -0.1) is 0 Å². The Balaban J connectivity index is 2.42. The minimum Gasteiger partial charge on any atom is -0.373 e. The largest absolute Gasteiger partial charge is 0.373 e. The fraction of sp³-hybridized carbons (Fsp3) is 1.00. The summed E-state index contributed by atoms with van der Waals surface area (Å²) < 4.78 is 5.77. The van der Waals surface area contributed by atoms with Gasteiger partial charge in [0, 0.05) is 19.1 Å². The molecule has 0 amide bonds. The average Bonchev–Trinajstić information content (AvgIpc) is 2.23. The van der Waals surface area contributed by atoms with Crippen LogP contribution in [0, 0.1) is 5.92 Å². The number of hydrogen-bond donors (Lipinski definition) is 1. The molecule has 0 aliphatic carbocycles. The summed E-state index contributed by atoms with van der Waals surface area (Å²) in [5, 5.41) is 3.43. The summed E-state index contributed by atoms with van der Waals surface area (Å²) in [6.45, 7) is 15.5. The Kier molecular flexibility index (Phi) is 5.73. The smallest absolute Gasteiger partial charge is 0.0678 e. The molecule has 1 heterocycles. The van der Waals surface area contributed by atoms with Crippen molar-refractivity contribution in [2.24, 2.45) is 5.92 Å². The molecule has 1 aliphatic heterocycles. The molecule has 0 aromatic rings. The van der Waals surface area contributed by atoms with Gasteiger partial charge in [-0.05, 0) is 39.8 Å². The molecule has 2 unspecified atom stereocenters. The zero-order chi connectivity index (χ0) is 12.1. The first-order chi connectivity index (χ1) is 7.54.